The quantitative estimate of drug-likeness (QED) is 0.676. The van der Waals surface area contributed by atoms with Crippen LogP contribution in [-0.4, -0.2) is 16.0 Å². The first-order valence-electron chi connectivity index (χ1n) is 5.42. The van der Waals surface area contributed by atoms with Crippen molar-refractivity contribution < 1.29 is 19.6 Å². The van der Waals surface area contributed by atoms with E-state index in [9.17, 15) is 14.9 Å². The van der Waals surface area contributed by atoms with Gasteiger partial charge in [0.1, 0.15) is 11.5 Å². The third-order valence-corrected chi connectivity index (χ3v) is 3.08. The van der Waals surface area contributed by atoms with Gasteiger partial charge >= 0.3 is 5.97 Å². The molecule has 0 amide bonds. The first-order chi connectivity index (χ1) is 9.47. The topological polar surface area (TPSA) is 89.7 Å². The van der Waals surface area contributed by atoms with Crippen molar-refractivity contribution in [3.05, 3.63) is 62.6 Å². The van der Waals surface area contributed by atoms with Gasteiger partial charge in [-0.25, -0.2) is 4.79 Å². The largest absolute Gasteiger partial charge is 0.478 e. The van der Waals surface area contributed by atoms with Crippen LogP contribution in [0.15, 0.2) is 46.9 Å². The molecule has 0 heterocycles. The van der Waals surface area contributed by atoms with Gasteiger partial charge in [-0.15, -0.1) is 0 Å². The molecule has 2 rings (SSSR count). The molecule has 102 valence electrons. The molecule has 0 fully saturated rings. The van der Waals surface area contributed by atoms with Crippen LogP contribution < -0.4 is 4.74 Å². The number of nitrogens with zero attached hydrogens (tertiary/aromatic N) is 1. The lowest BCUT2D eigenvalue weighted by Crippen LogP contribution is -1.95. The molecule has 20 heavy (non-hydrogen) atoms. The maximum Gasteiger partial charge on any atom is 0.335 e. The van der Waals surface area contributed by atoms with Crippen LogP contribution in [-0.2, 0) is 0 Å². The fraction of sp³-hybridized carbons (Fsp3) is 0. The van der Waals surface area contributed by atoms with Gasteiger partial charge in [0.25, 0.3) is 5.69 Å². The highest BCUT2D eigenvalue weighted by atomic mass is 79.9. The van der Waals surface area contributed by atoms with E-state index in [1.165, 1.54) is 42.5 Å². The average molecular weight is 338 g/mol. The molecule has 7 heteroatoms. The Hall–Kier alpha value is -2.41. The molecule has 6 nitrogen and oxygen atoms in total. The van der Waals surface area contributed by atoms with Gasteiger partial charge in [0.15, 0.2) is 0 Å². The lowest BCUT2D eigenvalue weighted by molar-refractivity contribution is -0.384. The van der Waals surface area contributed by atoms with Gasteiger partial charge in [0.2, 0.25) is 0 Å². The highest BCUT2D eigenvalue weighted by Crippen LogP contribution is 2.32. The molecule has 0 aliphatic carbocycles. The maximum atomic E-state index is 10.7. The van der Waals surface area contributed by atoms with Crippen LogP contribution in [0.2, 0.25) is 0 Å². The fourth-order valence-electron chi connectivity index (χ4n) is 1.48. The Balaban J connectivity index is 2.21. The third-order valence-electron chi connectivity index (χ3n) is 2.46. The zero-order chi connectivity index (χ0) is 14.7. The molecule has 0 atom stereocenters. The molecule has 0 aliphatic heterocycles. The molecular weight excluding hydrogens is 330 g/mol. The number of ether oxygens (including phenoxy) is 1. The Morgan fingerprint density at radius 1 is 1.20 bits per heavy atom. The standard InChI is InChI=1S/C13H8BrNO5/c14-11-7-9(15(18)19)3-6-12(11)20-10-4-1-8(2-5-10)13(16)17/h1-7H,(H,16,17). The number of nitro groups is 1. The Labute approximate surface area is 121 Å². The van der Waals surface area contributed by atoms with Crippen LogP contribution in [0.1, 0.15) is 10.4 Å². The SMILES string of the molecule is O=C(O)c1ccc(Oc2ccc([N+](=O)[O-])cc2Br)cc1. The molecule has 0 radical (unpaired) electrons. The van der Waals surface area contributed by atoms with Gasteiger partial charge < -0.3 is 9.84 Å². The molecular formula is C13H8BrNO5. The van der Waals surface area contributed by atoms with Crippen LogP contribution in [0.3, 0.4) is 0 Å². The number of hydrogen-bond donors (Lipinski definition) is 1. The Morgan fingerprint density at radius 2 is 1.85 bits per heavy atom. The summed E-state index contributed by atoms with van der Waals surface area (Å²) in [5, 5.41) is 19.4. The lowest BCUT2D eigenvalue weighted by atomic mass is 10.2. The minimum Gasteiger partial charge on any atom is -0.478 e. The second-order valence-electron chi connectivity index (χ2n) is 3.80. The van der Waals surface area contributed by atoms with E-state index in [0.717, 1.165) is 0 Å². The van der Waals surface area contributed by atoms with E-state index in [2.05, 4.69) is 15.9 Å². The summed E-state index contributed by atoms with van der Waals surface area (Å²) in [5.74, 6) is -0.184. The Bertz CT molecular complexity index is 669. The zero-order valence-corrected chi connectivity index (χ0v) is 11.5. The molecule has 0 unspecified atom stereocenters. The Kier molecular flexibility index (Phi) is 3.99. The van der Waals surface area contributed by atoms with Crippen LogP contribution >= 0.6 is 15.9 Å². The van der Waals surface area contributed by atoms with Crippen LogP contribution in [0.4, 0.5) is 5.69 Å². The summed E-state index contributed by atoms with van der Waals surface area (Å²) in [6, 6.07) is 9.97. The van der Waals surface area contributed by atoms with Crippen molar-refractivity contribution in [3.63, 3.8) is 0 Å². The molecule has 2 aromatic carbocycles. The molecule has 2 aromatic rings. The van der Waals surface area contributed by atoms with Crippen molar-refractivity contribution in [2.24, 2.45) is 0 Å². The van der Waals surface area contributed by atoms with Crippen molar-refractivity contribution in [3.8, 4) is 11.5 Å². The normalized spacial score (nSPS) is 10.1. The van der Waals surface area contributed by atoms with E-state index in [1.54, 1.807) is 0 Å². The summed E-state index contributed by atoms with van der Waals surface area (Å²) >= 11 is 3.19. The number of benzene rings is 2. The summed E-state index contributed by atoms with van der Waals surface area (Å²) in [6.07, 6.45) is 0. The Morgan fingerprint density at radius 3 is 2.35 bits per heavy atom. The number of hydrogen-bond acceptors (Lipinski definition) is 4. The zero-order valence-electron chi connectivity index (χ0n) is 9.95. The molecule has 0 saturated heterocycles. The molecule has 0 bridgehead atoms. The van der Waals surface area contributed by atoms with Crippen LogP contribution in [0, 0.1) is 10.1 Å². The minimum atomic E-state index is -1.02. The number of non-ortho nitro benzene ring substituents is 1. The number of carboxylic acids is 1. The van der Waals surface area contributed by atoms with E-state index in [1.807, 2.05) is 0 Å². The highest BCUT2D eigenvalue weighted by molar-refractivity contribution is 9.10. The van der Waals surface area contributed by atoms with Crippen molar-refractivity contribution in [2.75, 3.05) is 0 Å². The summed E-state index contributed by atoms with van der Waals surface area (Å²) in [5.41, 5.74) is 0.102. The molecule has 0 spiro atoms. The summed E-state index contributed by atoms with van der Waals surface area (Å²) in [6.45, 7) is 0. The van der Waals surface area contributed by atoms with Gasteiger partial charge in [0.05, 0.1) is 15.0 Å². The van der Waals surface area contributed by atoms with Gasteiger partial charge in [-0.3, -0.25) is 10.1 Å². The van der Waals surface area contributed by atoms with Gasteiger partial charge in [-0.05, 0) is 46.3 Å². The molecule has 0 saturated carbocycles. The fourth-order valence-corrected chi connectivity index (χ4v) is 1.93. The highest BCUT2D eigenvalue weighted by Gasteiger charge is 2.11. The monoisotopic (exact) mass is 337 g/mol. The first kappa shape index (κ1) is 14.0. The summed E-state index contributed by atoms with van der Waals surface area (Å²) in [4.78, 5) is 20.8. The maximum absolute atomic E-state index is 10.7. The minimum absolute atomic E-state index is 0.0505. The number of halogens is 1. The smallest absolute Gasteiger partial charge is 0.335 e. The van der Waals surface area contributed by atoms with Crippen molar-refractivity contribution >= 4 is 27.6 Å². The van der Waals surface area contributed by atoms with E-state index >= 15 is 0 Å². The number of rotatable bonds is 4. The molecule has 0 aromatic heterocycles. The van der Waals surface area contributed by atoms with E-state index < -0.39 is 10.9 Å². The predicted molar refractivity (Wildman–Crippen MR) is 74.3 cm³/mol. The number of nitro benzene ring substituents is 1. The van der Waals surface area contributed by atoms with E-state index in [4.69, 9.17) is 9.84 Å². The van der Waals surface area contributed by atoms with Crippen molar-refractivity contribution in [2.45, 2.75) is 0 Å². The summed E-state index contributed by atoms with van der Waals surface area (Å²) < 4.78 is 5.96. The molecule has 0 aliphatic rings. The first-order valence-corrected chi connectivity index (χ1v) is 6.22. The van der Waals surface area contributed by atoms with Gasteiger partial charge in [0, 0.05) is 12.1 Å². The van der Waals surface area contributed by atoms with Gasteiger partial charge in [-0.2, -0.15) is 0 Å². The third kappa shape index (κ3) is 3.12. The van der Waals surface area contributed by atoms with Crippen molar-refractivity contribution in [1.29, 1.82) is 0 Å². The number of carbonyl (C=O) groups is 1. The molecule has 1 N–H and O–H groups in total. The number of aromatic carboxylic acids is 1. The average Bonchev–Trinajstić information content (AvgIpc) is 2.41. The van der Waals surface area contributed by atoms with Crippen molar-refractivity contribution in [1.82, 2.24) is 0 Å². The van der Waals surface area contributed by atoms with Crippen LogP contribution in [0.25, 0.3) is 0 Å². The van der Waals surface area contributed by atoms with E-state index in [0.29, 0.717) is 16.0 Å². The van der Waals surface area contributed by atoms with E-state index in [-0.39, 0.29) is 11.3 Å². The lowest BCUT2D eigenvalue weighted by Gasteiger charge is -2.07. The van der Waals surface area contributed by atoms with Gasteiger partial charge in [-0.1, -0.05) is 0 Å². The number of carboxylic acid groups (broad SMARTS) is 1. The summed E-state index contributed by atoms with van der Waals surface area (Å²) in [7, 11) is 0. The van der Waals surface area contributed by atoms with Crippen LogP contribution in [0.5, 0.6) is 11.5 Å². The second-order valence-corrected chi connectivity index (χ2v) is 4.66. The second kappa shape index (κ2) is 5.70. The predicted octanol–water partition coefficient (Wildman–Crippen LogP) is 3.85.